The number of nitrogens with two attached hydrogens (primary N) is 2. The van der Waals surface area contributed by atoms with E-state index in [1.807, 2.05) is 24.3 Å². The highest BCUT2D eigenvalue weighted by Gasteiger charge is 2.31. The molecule has 0 amide bonds. The van der Waals surface area contributed by atoms with Crippen LogP contribution >= 0.6 is 11.6 Å². The number of fused-ring (bicyclic) bond motifs is 1. The molecule has 0 aliphatic heterocycles. The highest BCUT2D eigenvalue weighted by Crippen LogP contribution is 2.35. The summed E-state index contributed by atoms with van der Waals surface area (Å²) in [7, 11) is 0. The van der Waals surface area contributed by atoms with Gasteiger partial charge in [-0.15, -0.1) is 0 Å². The van der Waals surface area contributed by atoms with Crippen LogP contribution in [0.5, 0.6) is 0 Å². The van der Waals surface area contributed by atoms with Crippen LogP contribution in [-0.2, 0) is 6.42 Å². The summed E-state index contributed by atoms with van der Waals surface area (Å²) in [6.45, 7) is 0. The Balaban J connectivity index is 1.96. The quantitative estimate of drug-likeness (QED) is 0.622. The second kappa shape index (κ2) is 4.81. The van der Waals surface area contributed by atoms with Gasteiger partial charge < -0.3 is 21.9 Å². The van der Waals surface area contributed by atoms with Crippen LogP contribution in [0.3, 0.4) is 0 Å². The van der Waals surface area contributed by atoms with Crippen molar-refractivity contribution in [3.05, 3.63) is 40.5 Å². The van der Waals surface area contributed by atoms with Gasteiger partial charge in [0.2, 0.25) is 5.95 Å². The first-order valence-corrected chi connectivity index (χ1v) is 6.55. The molecule has 6 N–H and O–H groups in total. The third-order valence-corrected chi connectivity index (χ3v) is 3.70. The van der Waals surface area contributed by atoms with E-state index in [0.29, 0.717) is 12.2 Å². The molecule has 0 saturated heterocycles. The average Bonchev–Trinajstić information content (AvgIpc) is 2.72. The van der Waals surface area contributed by atoms with E-state index < -0.39 is 6.10 Å². The van der Waals surface area contributed by atoms with Crippen LogP contribution in [0.2, 0.25) is 5.15 Å². The minimum absolute atomic E-state index is 0.0347. The molecular formula is C13H14ClN5O. The Kier molecular flexibility index (Phi) is 3.11. The zero-order chi connectivity index (χ0) is 14.3. The van der Waals surface area contributed by atoms with E-state index in [0.717, 1.165) is 11.1 Å². The number of nitrogens with zero attached hydrogens (tertiary/aromatic N) is 2. The third-order valence-electron chi connectivity index (χ3n) is 3.41. The van der Waals surface area contributed by atoms with Crippen molar-refractivity contribution in [1.29, 1.82) is 0 Å². The molecule has 0 fully saturated rings. The second-order valence-electron chi connectivity index (χ2n) is 4.73. The molecule has 0 radical (unpaired) electrons. The molecule has 1 aliphatic carbocycles. The lowest BCUT2D eigenvalue weighted by Crippen LogP contribution is -2.22. The van der Waals surface area contributed by atoms with Gasteiger partial charge in [-0.3, -0.25) is 0 Å². The molecule has 2 aromatic rings. The number of nitrogens with one attached hydrogen (secondary N) is 1. The van der Waals surface area contributed by atoms with Crippen LogP contribution in [-0.4, -0.2) is 21.2 Å². The zero-order valence-electron chi connectivity index (χ0n) is 10.5. The van der Waals surface area contributed by atoms with Crippen LogP contribution in [0.25, 0.3) is 0 Å². The molecule has 1 aliphatic rings. The van der Waals surface area contributed by atoms with Gasteiger partial charge in [-0.2, -0.15) is 9.97 Å². The molecule has 1 heterocycles. The summed E-state index contributed by atoms with van der Waals surface area (Å²) >= 11 is 5.88. The first-order valence-electron chi connectivity index (χ1n) is 6.17. The molecular weight excluding hydrogens is 278 g/mol. The fourth-order valence-corrected chi connectivity index (χ4v) is 2.64. The molecule has 0 saturated carbocycles. The maximum Gasteiger partial charge on any atom is 0.223 e. The third kappa shape index (κ3) is 2.13. The summed E-state index contributed by atoms with van der Waals surface area (Å²) in [6, 6.07) is 7.54. The van der Waals surface area contributed by atoms with Gasteiger partial charge in [0.15, 0.2) is 11.0 Å². The van der Waals surface area contributed by atoms with Crippen molar-refractivity contribution in [2.75, 3.05) is 16.8 Å². The van der Waals surface area contributed by atoms with Gasteiger partial charge in [-0.25, -0.2) is 0 Å². The Morgan fingerprint density at radius 3 is 2.80 bits per heavy atom. The minimum Gasteiger partial charge on any atom is -0.393 e. The number of aliphatic hydroxyl groups excluding tert-OH is 1. The number of hydrogen-bond donors (Lipinski definition) is 4. The second-order valence-corrected chi connectivity index (χ2v) is 5.09. The summed E-state index contributed by atoms with van der Waals surface area (Å²) in [5.74, 6) is 0.371. The number of anilines is 3. The fraction of sp³-hybridized carbons (Fsp3) is 0.231. The van der Waals surface area contributed by atoms with E-state index in [4.69, 9.17) is 23.1 Å². The maximum absolute atomic E-state index is 10.2. The molecule has 0 bridgehead atoms. The summed E-state index contributed by atoms with van der Waals surface area (Å²) in [5.41, 5.74) is 13.7. The van der Waals surface area contributed by atoms with Gasteiger partial charge in [0.25, 0.3) is 0 Å². The van der Waals surface area contributed by atoms with Crippen LogP contribution < -0.4 is 16.8 Å². The predicted molar refractivity (Wildman–Crippen MR) is 78.4 cm³/mol. The number of nitrogen functional groups attached to an aromatic ring is 2. The molecule has 20 heavy (non-hydrogen) atoms. The lowest BCUT2D eigenvalue weighted by atomic mass is 10.1. The largest absolute Gasteiger partial charge is 0.393 e. The van der Waals surface area contributed by atoms with Crippen molar-refractivity contribution in [3.63, 3.8) is 0 Å². The Hall–Kier alpha value is -2.05. The first kappa shape index (κ1) is 13.0. The molecule has 3 rings (SSSR count). The van der Waals surface area contributed by atoms with Crippen LogP contribution in [0.1, 0.15) is 17.2 Å². The average molecular weight is 292 g/mol. The van der Waals surface area contributed by atoms with Gasteiger partial charge in [0.1, 0.15) is 5.69 Å². The Morgan fingerprint density at radius 1 is 1.25 bits per heavy atom. The maximum atomic E-state index is 10.2. The summed E-state index contributed by atoms with van der Waals surface area (Å²) in [5, 5.41) is 13.4. The monoisotopic (exact) mass is 291 g/mol. The molecule has 2 atom stereocenters. The van der Waals surface area contributed by atoms with Crippen LogP contribution in [0.15, 0.2) is 24.3 Å². The Bertz CT molecular complexity index is 663. The van der Waals surface area contributed by atoms with Crippen molar-refractivity contribution < 1.29 is 5.11 Å². The van der Waals surface area contributed by atoms with Gasteiger partial charge in [-0.05, 0) is 11.1 Å². The van der Waals surface area contributed by atoms with Gasteiger partial charge in [0.05, 0.1) is 12.1 Å². The summed E-state index contributed by atoms with van der Waals surface area (Å²) in [6.07, 6.45) is 0.0314. The lowest BCUT2D eigenvalue weighted by Gasteiger charge is -2.20. The molecule has 0 spiro atoms. The summed E-state index contributed by atoms with van der Waals surface area (Å²) < 4.78 is 0. The number of rotatable bonds is 2. The van der Waals surface area contributed by atoms with E-state index >= 15 is 0 Å². The highest BCUT2D eigenvalue weighted by molar-refractivity contribution is 6.32. The minimum atomic E-state index is -0.554. The van der Waals surface area contributed by atoms with Crippen molar-refractivity contribution in [2.45, 2.75) is 18.6 Å². The van der Waals surface area contributed by atoms with Crippen molar-refractivity contribution in [1.82, 2.24) is 9.97 Å². The van der Waals surface area contributed by atoms with Gasteiger partial charge in [0, 0.05) is 6.42 Å². The number of benzene rings is 1. The normalized spacial score (nSPS) is 20.7. The van der Waals surface area contributed by atoms with E-state index in [2.05, 4.69) is 15.3 Å². The smallest absolute Gasteiger partial charge is 0.223 e. The number of aromatic nitrogens is 2. The summed E-state index contributed by atoms with van der Waals surface area (Å²) in [4.78, 5) is 7.82. The molecule has 6 nitrogen and oxygen atoms in total. The molecule has 0 unspecified atom stereocenters. The van der Waals surface area contributed by atoms with Crippen molar-refractivity contribution in [3.8, 4) is 0 Å². The first-order chi connectivity index (χ1) is 9.56. The SMILES string of the molecule is Nc1nc(Cl)c(N)c(N[C@H]2c3ccccc3C[C@H]2O)n1. The zero-order valence-corrected chi connectivity index (χ0v) is 11.3. The van der Waals surface area contributed by atoms with E-state index in [1.165, 1.54) is 0 Å². The number of hydrogen-bond acceptors (Lipinski definition) is 6. The van der Waals surface area contributed by atoms with Gasteiger partial charge in [-0.1, -0.05) is 35.9 Å². The molecule has 7 heteroatoms. The standard InChI is InChI=1S/C13H14ClN5O/c14-11-9(15)12(19-13(16)18-11)17-10-7-4-2-1-3-6(7)5-8(10)20/h1-4,8,10,20H,5,15H2,(H3,16,17,18,19)/t8-,10+/m1/s1. The van der Waals surface area contributed by atoms with E-state index in [9.17, 15) is 5.11 Å². The van der Waals surface area contributed by atoms with E-state index in [-0.39, 0.29) is 22.8 Å². The lowest BCUT2D eigenvalue weighted by molar-refractivity contribution is 0.165. The van der Waals surface area contributed by atoms with Crippen molar-refractivity contribution in [2.24, 2.45) is 0 Å². The van der Waals surface area contributed by atoms with Gasteiger partial charge >= 0.3 is 0 Å². The molecule has 104 valence electrons. The molecule has 1 aromatic heterocycles. The van der Waals surface area contributed by atoms with Crippen LogP contribution in [0, 0.1) is 0 Å². The van der Waals surface area contributed by atoms with E-state index in [1.54, 1.807) is 0 Å². The number of aliphatic hydroxyl groups is 1. The van der Waals surface area contributed by atoms with Crippen molar-refractivity contribution >= 4 is 29.1 Å². The Labute approximate surface area is 120 Å². The topological polar surface area (TPSA) is 110 Å². The highest BCUT2D eigenvalue weighted by atomic mass is 35.5. The fourth-order valence-electron chi connectivity index (χ4n) is 2.46. The molecule has 1 aromatic carbocycles. The number of halogens is 1. The van der Waals surface area contributed by atoms with Crippen LogP contribution in [0.4, 0.5) is 17.5 Å². The Morgan fingerprint density at radius 2 is 2.00 bits per heavy atom. The predicted octanol–water partition coefficient (Wildman–Crippen LogP) is 1.36.